The first-order chi connectivity index (χ1) is 14.4. The number of fused-ring (bicyclic) bond motifs is 1. The van der Waals surface area contributed by atoms with E-state index in [-0.39, 0.29) is 11.8 Å². The van der Waals surface area contributed by atoms with Crippen LogP contribution in [-0.2, 0) is 4.79 Å². The molecule has 0 aliphatic carbocycles. The summed E-state index contributed by atoms with van der Waals surface area (Å²) in [5.74, 6) is -0.165. The summed E-state index contributed by atoms with van der Waals surface area (Å²) in [6, 6.07) is 15.1. The first-order valence-corrected chi connectivity index (χ1v) is 10.2. The van der Waals surface area contributed by atoms with Crippen LogP contribution < -0.4 is 21.3 Å². The Hall–Kier alpha value is -3.48. The summed E-state index contributed by atoms with van der Waals surface area (Å²) in [4.78, 5) is 29.6. The van der Waals surface area contributed by atoms with E-state index in [1.165, 1.54) is 0 Å². The number of unbranched alkanes of at least 4 members (excludes halogenated alkanes) is 2. The molecular weight excluding hydrogens is 378 g/mol. The zero-order valence-electron chi connectivity index (χ0n) is 17.5. The highest BCUT2D eigenvalue weighted by atomic mass is 16.2. The van der Waals surface area contributed by atoms with Gasteiger partial charge in [0.05, 0.1) is 11.4 Å². The third-order valence-corrected chi connectivity index (χ3v) is 4.97. The van der Waals surface area contributed by atoms with Crippen molar-refractivity contribution in [3.63, 3.8) is 0 Å². The number of para-hydroxylation sites is 2. The topological polar surface area (TPSA) is 103 Å². The number of anilines is 3. The van der Waals surface area contributed by atoms with Crippen molar-refractivity contribution < 1.29 is 9.59 Å². The number of nitrogens with zero attached hydrogens (tertiary/aromatic N) is 1. The van der Waals surface area contributed by atoms with Gasteiger partial charge in [-0.25, -0.2) is 0 Å². The maximum absolute atomic E-state index is 12.4. The van der Waals surface area contributed by atoms with Crippen LogP contribution in [0.3, 0.4) is 0 Å². The van der Waals surface area contributed by atoms with E-state index < -0.39 is 0 Å². The second-order valence-electron chi connectivity index (χ2n) is 7.55. The summed E-state index contributed by atoms with van der Waals surface area (Å²) in [6.45, 7) is 0.574. The molecule has 2 amide bonds. The number of hydrogen-bond acceptors (Lipinski definition) is 4. The van der Waals surface area contributed by atoms with Crippen LogP contribution in [0.15, 0.2) is 48.5 Å². The third-order valence-electron chi connectivity index (χ3n) is 4.97. The van der Waals surface area contributed by atoms with Gasteiger partial charge in [0.25, 0.3) is 5.91 Å². The van der Waals surface area contributed by atoms with Crippen LogP contribution in [0.25, 0.3) is 10.9 Å². The fourth-order valence-corrected chi connectivity index (χ4v) is 3.22. The van der Waals surface area contributed by atoms with Crippen LogP contribution in [-0.4, -0.2) is 37.4 Å². The third kappa shape index (κ3) is 5.53. The molecule has 0 aliphatic rings. The standard InChI is InChI=1S/C23H29N5O2/c1-28(2)17-12-11-16-14-21(26-20(16)15-17)23(30)25-13-7-3-4-10-22(29)27-19-9-6-5-8-18(19)24/h5-6,8-9,11-12,14-15,26H,3-4,7,10,13,24H2,1-2H3,(H,25,30)(H,27,29). The van der Waals surface area contributed by atoms with E-state index in [0.29, 0.717) is 30.0 Å². The molecule has 0 fully saturated rings. The second kappa shape index (κ2) is 9.82. The molecule has 0 aliphatic heterocycles. The van der Waals surface area contributed by atoms with Crippen molar-refractivity contribution in [1.82, 2.24) is 10.3 Å². The number of benzene rings is 2. The fraction of sp³-hybridized carbons (Fsp3) is 0.304. The average molecular weight is 408 g/mol. The Morgan fingerprint density at radius 1 is 1.03 bits per heavy atom. The van der Waals surface area contributed by atoms with E-state index in [1.807, 2.05) is 55.4 Å². The highest BCUT2D eigenvalue weighted by Gasteiger charge is 2.10. The van der Waals surface area contributed by atoms with Crippen LogP contribution >= 0.6 is 0 Å². The van der Waals surface area contributed by atoms with E-state index in [1.54, 1.807) is 12.1 Å². The van der Waals surface area contributed by atoms with E-state index >= 15 is 0 Å². The summed E-state index contributed by atoms with van der Waals surface area (Å²) in [5.41, 5.74) is 9.60. The molecule has 1 aromatic heterocycles. The molecule has 0 spiro atoms. The van der Waals surface area contributed by atoms with Crippen LogP contribution in [0.2, 0.25) is 0 Å². The number of aromatic nitrogens is 1. The molecule has 0 saturated carbocycles. The summed E-state index contributed by atoms with van der Waals surface area (Å²) < 4.78 is 0. The van der Waals surface area contributed by atoms with Crippen molar-refractivity contribution in [3.05, 3.63) is 54.2 Å². The molecule has 2 aromatic carbocycles. The number of hydrogen-bond donors (Lipinski definition) is 4. The molecule has 30 heavy (non-hydrogen) atoms. The molecule has 0 bridgehead atoms. The minimum absolute atomic E-state index is 0.0490. The van der Waals surface area contributed by atoms with Crippen molar-refractivity contribution in [3.8, 4) is 0 Å². The summed E-state index contributed by atoms with van der Waals surface area (Å²) in [6.07, 6.45) is 2.86. The number of aromatic amines is 1. The molecule has 0 unspecified atom stereocenters. The molecule has 0 radical (unpaired) electrons. The van der Waals surface area contributed by atoms with Gasteiger partial charge in [-0.1, -0.05) is 24.6 Å². The summed E-state index contributed by atoms with van der Waals surface area (Å²) in [7, 11) is 3.97. The molecule has 1 heterocycles. The van der Waals surface area contributed by atoms with Crippen LogP contribution in [0, 0.1) is 0 Å². The van der Waals surface area contributed by atoms with Gasteiger partial charge in [0, 0.05) is 43.7 Å². The molecule has 0 saturated heterocycles. The highest BCUT2D eigenvalue weighted by molar-refractivity contribution is 5.98. The Morgan fingerprint density at radius 3 is 2.60 bits per heavy atom. The van der Waals surface area contributed by atoms with E-state index in [2.05, 4.69) is 15.6 Å². The number of nitrogens with one attached hydrogen (secondary N) is 3. The van der Waals surface area contributed by atoms with Crippen LogP contribution in [0.5, 0.6) is 0 Å². The van der Waals surface area contributed by atoms with Gasteiger partial charge in [-0.3, -0.25) is 9.59 Å². The van der Waals surface area contributed by atoms with Crippen LogP contribution in [0.4, 0.5) is 17.1 Å². The average Bonchev–Trinajstić information content (AvgIpc) is 3.15. The first-order valence-electron chi connectivity index (χ1n) is 10.2. The summed E-state index contributed by atoms with van der Waals surface area (Å²) in [5, 5.41) is 6.77. The number of nitrogen functional groups attached to an aromatic ring is 1. The Labute approximate surface area is 176 Å². The van der Waals surface area contributed by atoms with Crippen molar-refractivity contribution in [2.75, 3.05) is 36.6 Å². The van der Waals surface area contributed by atoms with Gasteiger partial charge in [-0.15, -0.1) is 0 Å². The fourth-order valence-electron chi connectivity index (χ4n) is 3.22. The maximum atomic E-state index is 12.4. The smallest absolute Gasteiger partial charge is 0.267 e. The van der Waals surface area contributed by atoms with Gasteiger partial charge in [0.2, 0.25) is 5.91 Å². The molecule has 5 N–H and O–H groups in total. The van der Waals surface area contributed by atoms with Gasteiger partial charge in [-0.05, 0) is 43.2 Å². The second-order valence-corrected chi connectivity index (χ2v) is 7.55. The SMILES string of the molecule is CN(C)c1ccc2cc(C(=O)NCCCCCC(=O)Nc3ccccc3N)[nH]c2c1. The molecule has 3 aromatic rings. The number of rotatable bonds is 9. The van der Waals surface area contributed by atoms with Gasteiger partial charge in [-0.2, -0.15) is 0 Å². The van der Waals surface area contributed by atoms with E-state index in [0.717, 1.165) is 35.9 Å². The zero-order valence-corrected chi connectivity index (χ0v) is 17.5. The Kier molecular flexibility index (Phi) is 6.95. The zero-order chi connectivity index (χ0) is 21.5. The molecule has 0 atom stereocenters. The normalized spacial score (nSPS) is 10.7. The molecule has 3 rings (SSSR count). The maximum Gasteiger partial charge on any atom is 0.267 e. The number of amides is 2. The molecule has 158 valence electrons. The van der Waals surface area contributed by atoms with Gasteiger partial charge < -0.3 is 26.3 Å². The number of carbonyl (C=O) groups is 2. The molecule has 7 nitrogen and oxygen atoms in total. The Bertz CT molecular complexity index is 1030. The van der Waals surface area contributed by atoms with E-state index in [9.17, 15) is 9.59 Å². The Morgan fingerprint density at radius 2 is 1.83 bits per heavy atom. The number of H-pyrrole nitrogens is 1. The van der Waals surface area contributed by atoms with Gasteiger partial charge in [0.15, 0.2) is 0 Å². The lowest BCUT2D eigenvalue weighted by Gasteiger charge is -2.11. The minimum atomic E-state index is -0.116. The number of carbonyl (C=O) groups excluding carboxylic acids is 2. The quantitative estimate of drug-likeness (QED) is 0.320. The lowest BCUT2D eigenvalue weighted by Crippen LogP contribution is -2.24. The minimum Gasteiger partial charge on any atom is -0.397 e. The van der Waals surface area contributed by atoms with Crippen molar-refractivity contribution >= 4 is 39.8 Å². The van der Waals surface area contributed by atoms with Gasteiger partial charge >= 0.3 is 0 Å². The lowest BCUT2D eigenvalue weighted by molar-refractivity contribution is -0.116. The van der Waals surface area contributed by atoms with Crippen LogP contribution in [0.1, 0.15) is 36.2 Å². The predicted molar refractivity (Wildman–Crippen MR) is 123 cm³/mol. The van der Waals surface area contributed by atoms with Gasteiger partial charge in [0.1, 0.15) is 5.69 Å². The number of nitrogens with two attached hydrogens (primary N) is 1. The lowest BCUT2D eigenvalue weighted by atomic mass is 10.1. The predicted octanol–water partition coefficient (Wildman–Crippen LogP) is 3.75. The Balaban J connectivity index is 1.37. The monoisotopic (exact) mass is 407 g/mol. The molecular formula is C23H29N5O2. The van der Waals surface area contributed by atoms with E-state index in [4.69, 9.17) is 5.73 Å². The largest absolute Gasteiger partial charge is 0.397 e. The highest BCUT2D eigenvalue weighted by Crippen LogP contribution is 2.21. The van der Waals surface area contributed by atoms with Crippen molar-refractivity contribution in [2.24, 2.45) is 0 Å². The summed E-state index contributed by atoms with van der Waals surface area (Å²) >= 11 is 0. The first kappa shape index (κ1) is 21.2. The van der Waals surface area contributed by atoms with Crippen molar-refractivity contribution in [1.29, 1.82) is 0 Å². The molecule has 7 heteroatoms. The van der Waals surface area contributed by atoms with Crippen molar-refractivity contribution in [2.45, 2.75) is 25.7 Å².